The summed E-state index contributed by atoms with van der Waals surface area (Å²) in [6, 6.07) is 4.14. The summed E-state index contributed by atoms with van der Waals surface area (Å²) >= 11 is 6.08. The standard InChI is InChI=1S/C17H20ClN3O4/c1-16(2,3)25-15(24)21-8-17(7-12(21)13(19)22)10-6-9(18)4-5-11(10)20-14(17)23/h4-6,12H,7-8H2,1-3H3,(H2,19,22)(H,20,23)/t12-,17+/m0/s1. The van der Waals surface area contributed by atoms with E-state index in [2.05, 4.69) is 5.32 Å². The molecule has 2 atom stereocenters. The van der Waals surface area contributed by atoms with Crippen molar-refractivity contribution in [1.29, 1.82) is 0 Å². The minimum absolute atomic E-state index is 0.00863. The van der Waals surface area contributed by atoms with Crippen LogP contribution in [-0.2, 0) is 19.7 Å². The number of nitrogens with two attached hydrogens (primary N) is 1. The molecule has 0 unspecified atom stereocenters. The maximum absolute atomic E-state index is 12.7. The van der Waals surface area contributed by atoms with Gasteiger partial charge in [-0.25, -0.2) is 4.79 Å². The zero-order valence-electron chi connectivity index (χ0n) is 14.3. The van der Waals surface area contributed by atoms with Crippen LogP contribution in [0.3, 0.4) is 0 Å². The van der Waals surface area contributed by atoms with Gasteiger partial charge in [-0.3, -0.25) is 14.5 Å². The second kappa shape index (κ2) is 5.62. The molecule has 0 bridgehead atoms. The summed E-state index contributed by atoms with van der Waals surface area (Å²) in [6.45, 7) is 5.20. The topological polar surface area (TPSA) is 102 Å². The van der Waals surface area contributed by atoms with Gasteiger partial charge in [-0.15, -0.1) is 0 Å². The van der Waals surface area contributed by atoms with E-state index < -0.39 is 29.1 Å². The van der Waals surface area contributed by atoms with Crippen LogP contribution in [0.1, 0.15) is 32.8 Å². The number of carbonyl (C=O) groups is 3. The number of hydrogen-bond donors (Lipinski definition) is 2. The van der Waals surface area contributed by atoms with Gasteiger partial charge in [-0.2, -0.15) is 0 Å². The van der Waals surface area contributed by atoms with Crippen molar-refractivity contribution in [3.63, 3.8) is 0 Å². The van der Waals surface area contributed by atoms with Crippen molar-refractivity contribution in [1.82, 2.24) is 4.90 Å². The molecule has 0 radical (unpaired) electrons. The number of anilines is 1. The molecule has 2 aliphatic rings. The molecular formula is C17H20ClN3O4. The molecule has 0 aromatic heterocycles. The number of nitrogens with one attached hydrogen (secondary N) is 1. The van der Waals surface area contributed by atoms with Crippen molar-refractivity contribution in [3.05, 3.63) is 28.8 Å². The average Bonchev–Trinajstić information content (AvgIpc) is 3.00. The van der Waals surface area contributed by atoms with Crippen LogP contribution in [0.4, 0.5) is 10.5 Å². The number of rotatable bonds is 1. The van der Waals surface area contributed by atoms with Crippen molar-refractivity contribution in [3.8, 4) is 0 Å². The second-order valence-electron chi connectivity index (χ2n) is 7.46. The summed E-state index contributed by atoms with van der Waals surface area (Å²) < 4.78 is 5.37. The van der Waals surface area contributed by atoms with Gasteiger partial charge in [0, 0.05) is 17.3 Å². The van der Waals surface area contributed by atoms with Crippen LogP contribution in [0.2, 0.25) is 5.02 Å². The van der Waals surface area contributed by atoms with Crippen molar-refractivity contribution >= 4 is 35.2 Å². The van der Waals surface area contributed by atoms with E-state index in [0.717, 1.165) is 0 Å². The van der Waals surface area contributed by atoms with E-state index >= 15 is 0 Å². The largest absolute Gasteiger partial charge is 0.444 e. The number of carbonyl (C=O) groups excluding carboxylic acids is 3. The molecule has 1 aromatic carbocycles. The average molecular weight is 366 g/mol. The predicted octanol–water partition coefficient (Wildman–Crippen LogP) is 2.02. The first-order valence-electron chi connectivity index (χ1n) is 7.94. The fraction of sp³-hybridized carbons (Fsp3) is 0.471. The molecule has 134 valence electrons. The molecular weight excluding hydrogens is 346 g/mol. The number of amides is 3. The lowest BCUT2D eigenvalue weighted by Crippen LogP contribution is -2.46. The molecule has 8 heteroatoms. The van der Waals surface area contributed by atoms with E-state index in [9.17, 15) is 14.4 Å². The highest BCUT2D eigenvalue weighted by Crippen LogP contribution is 2.47. The number of benzene rings is 1. The quantitative estimate of drug-likeness (QED) is 0.794. The van der Waals surface area contributed by atoms with E-state index in [-0.39, 0.29) is 18.9 Å². The first kappa shape index (κ1) is 17.5. The summed E-state index contributed by atoms with van der Waals surface area (Å²) in [6.07, 6.45) is -0.572. The molecule has 1 fully saturated rings. The SMILES string of the molecule is CC(C)(C)OC(=O)N1C[C@@]2(C[C@H]1C(N)=O)C(=O)Nc1ccc(Cl)cc12. The summed E-state index contributed by atoms with van der Waals surface area (Å²) in [7, 11) is 0. The minimum Gasteiger partial charge on any atom is -0.444 e. The Labute approximate surface area is 150 Å². The number of halogens is 1. The van der Waals surface area contributed by atoms with E-state index in [1.165, 1.54) is 4.90 Å². The van der Waals surface area contributed by atoms with Crippen LogP contribution in [0.15, 0.2) is 18.2 Å². The third kappa shape index (κ3) is 2.93. The van der Waals surface area contributed by atoms with Gasteiger partial charge in [0.05, 0.1) is 5.41 Å². The van der Waals surface area contributed by atoms with E-state index in [4.69, 9.17) is 22.1 Å². The molecule has 1 saturated heterocycles. The second-order valence-corrected chi connectivity index (χ2v) is 7.89. The van der Waals surface area contributed by atoms with E-state index in [1.807, 2.05) is 0 Å². The Kier molecular flexibility index (Phi) is 3.95. The monoisotopic (exact) mass is 365 g/mol. The highest BCUT2D eigenvalue weighted by molar-refractivity contribution is 6.31. The third-order valence-electron chi connectivity index (χ3n) is 4.49. The molecule has 3 amide bonds. The Balaban J connectivity index is 2.01. The molecule has 1 spiro atoms. The van der Waals surface area contributed by atoms with Crippen molar-refractivity contribution in [2.75, 3.05) is 11.9 Å². The zero-order chi connectivity index (χ0) is 18.6. The summed E-state index contributed by atoms with van der Waals surface area (Å²) in [5, 5.41) is 3.27. The molecule has 2 aliphatic heterocycles. The smallest absolute Gasteiger partial charge is 0.411 e. The lowest BCUT2D eigenvalue weighted by atomic mass is 9.79. The zero-order valence-corrected chi connectivity index (χ0v) is 15.0. The van der Waals surface area contributed by atoms with Crippen LogP contribution in [0.25, 0.3) is 0 Å². The Bertz CT molecular complexity index is 774. The highest BCUT2D eigenvalue weighted by Gasteiger charge is 2.57. The van der Waals surface area contributed by atoms with Gasteiger partial charge in [-0.1, -0.05) is 11.6 Å². The highest BCUT2D eigenvalue weighted by atomic mass is 35.5. The van der Waals surface area contributed by atoms with Crippen molar-refractivity contribution in [2.24, 2.45) is 5.73 Å². The van der Waals surface area contributed by atoms with Crippen LogP contribution in [-0.4, -0.2) is 41.0 Å². The summed E-state index contributed by atoms with van der Waals surface area (Å²) in [4.78, 5) is 38.4. The Morgan fingerprint density at radius 3 is 2.68 bits per heavy atom. The molecule has 1 aromatic rings. The normalized spacial score (nSPS) is 25.0. The number of nitrogens with zero attached hydrogens (tertiary/aromatic N) is 1. The first-order chi connectivity index (χ1) is 11.5. The van der Waals surface area contributed by atoms with Gasteiger partial charge in [-0.05, 0) is 51.0 Å². The first-order valence-corrected chi connectivity index (χ1v) is 8.32. The van der Waals surface area contributed by atoms with Crippen molar-refractivity contribution < 1.29 is 19.1 Å². The van der Waals surface area contributed by atoms with E-state index in [0.29, 0.717) is 16.3 Å². The van der Waals surface area contributed by atoms with Crippen molar-refractivity contribution in [2.45, 2.75) is 44.2 Å². The number of likely N-dealkylation sites (tertiary alicyclic amines) is 1. The van der Waals surface area contributed by atoms with Crippen LogP contribution >= 0.6 is 11.6 Å². The number of fused-ring (bicyclic) bond motifs is 2. The molecule has 25 heavy (non-hydrogen) atoms. The van der Waals surface area contributed by atoms with Crippen LogP contribution < -0.4 is 11.1 Å². The maximum atomic E-state index is 12.7. The molecule has 0 aliphatic carbocycles. The molecule has 0 saturated carbocycles. The van der Waals surface area contributed by atoms with Crippen LogP contribution in [0.5, 0.6) is 0 Å². The Morgan fingerprint density at radius 1 is 1.40 bits per heavy atom. The minimum atomic E-state index is -1.06. The summed E-state index contributed by atoms with van der Waals surface area (Å²) in [5.74, 6) is -0.951. The summed E-state index contributed by atoms with van der Waals surface area (Å²) in [5.41, 5.74) is 5.00. The number of primary amides is 1. The molecule has 2 heterocycles. The van der Waals surface area contributed by atoms with E-state index in [1.54, 1.807) is 39.0 Å². The Hall–Kier alpha value is -2.28. The van der Waals surface area contributed by atoms with Gasteiger partial charge in [0.15, 0.2) is 0 Å². The molecule has 3 N–H and O–H groups in total. The molecule has 7 nitrogen and oxygen atoms in total. The molecule has 3 rings (SSSR count). The van der Waals surface area contributed by atoms with Gasteiger partial charge in [0.25, 0.3) is 0 Å². The van der Waals surface area contributed by atoms with Crippen LogP contribution in [0, 0.1) is 0 Å². The van der Waals surface area contributed by atoms with Gasteiger partial charge in [0.1, 0.15) is 11.6 Å². The fourth-order valence-corrected chi connectivity index (χ4v) is 3.59. The Morgan fingerprint density at radius 2 is 2.08 bits per heavy atom. The predicted molar refractivity (Wildman–Crippen MR) is 92.3 cm³/mol. The fourth-order valence-electron chi connectivity index (χ4n) is 3.42. The number of hydrogen-bond acceptors (Lipinski definition) is 4. The lowest BCUT2D eigenvalue weighted by molar-refractivity contribution is -0.122. The van der Waals surface area contributed by atoms with Gasteiger partial charge >= 0.3 is 6.09 Å². The van der Waals surface area contributed by atoms with Gasteiger partial charge < -0.3 is 15.8 Å². The maximum Gasteiger partial charge on any atom is 0.411 e. The number of ether oxygens (including phenoxy) is 1. The van der Waals surface area contributed by atoms with Gasteiger partial charge in [0.2, 0.25) is 11.8 Å². The lowest BCUT2D eigenvalue weighted by Gasteiger charge is -2.27. The third-order valence-corrected chi connectivity index (χ3v) is 4.73.